The Hall–Kier alpha value is -3.46. The number of aliphatic carboxylic acids is 2. The fourth-order valence-corrected chi connectivity index (χ4v) is 3.46. The lowest BCUT2D eigenvalue weighted by molar-refractivity contribution is -0.143. The molecule has 0 heterocycles. The average Bonchev–Trinajstić information content (AvgIpc) is 2.82. The molecule has 0 rings (SSSR count). The number of hydrogen-bond acceptors (Lipinski definition) is 8. The number of unbranched alkanes of at least 4 members (excludes halogenated alkanes) is 1. The van der Waals surface area contributed by atoms with E-state index in [0.717, 1.165) is 0 Å². The molecule has 4 atom stereocenters. The minimum Gasteiger partial charge on any atom is -0.481 e. The van der Waals surface area contributed by atoms with E-state index in [-0.39, 0.29) is 50.5 Å². The van der Waals surface area contributed by atoms with Crippen molar-refractivity contribution in [1.82, 2.24) is 16.0 Å². The van der Waals surface area contributed by atoms with E-state index < -0.39 is 53.8 Å². The van der Waals surface area contributed by atoms with Gasteiger partial charge in [-0.1, -0.05) is 13.8 Å². The van der Waals surface area contributed by atoms with Crippen LogP contribution in [0.5, 0.6) is 0 Å². The van der Waals surface area contributed by atoms with Crippen LogP contribution >= 0.6 is 0 Å². The Balaban J connectivity index is 5.64. The molecule has 15 nitrogen and oxygen atoms in total. The number of amides is 3. The highest BCUT2D eigenvalue weighted by Gasteiger charge is 2.30. The van der Waals surface area contributed by atoms with Crippen LogP contribution in [0.15, 0.2) is 4.99 Å². The van der Waals surface area contributed by atoms with Gasteiger partial charge in [0.25, 0.3) is 0 Å². The molecule has 0 aromatic heterocycles. The predicted octanol–water partition coefficient (Wildman–Crippen LogP) is -2.05. The van der Waals surface area contributed by atoms with Crippen LogP contribution in [-0.2, 0) is 24.0 Å². The van der Waals surface area contributed by atoms with Gasteiger partial charge in [-0.3, -0.25) is 24.2 Å². The van der Waals surface area contributed by atoms with Crippen LogP contribution in [-0.4, -0.2) is 83.1 Å². The topological polar surface area (TPSA) is 278 Å². The Labute approximate surface area is 222 Å². The summed E-state index contributed by atoms with van der Waals surface area (Å²) in [6, 6.07) is -4.53. The summed E-state index contributed by atoms with van der Waals surface area (Å²) in [6.07, 6.45) is 1.35. The van der Waals surface area contributed by atoms with Gasteiger partial charge in [-0.25, -0.2) is 4.79 Å². The van der Waals surface area contributed by atoms with Gasteiger partial charge in [0, 0.05) is 13.0 Å². The first-order chi connectivity index (χ1) is 17.8. The number of nitrogens with two attached hydrogens (primary N) is 4. The number of hydrogen-bond donors (Lipinski definition) is 9. The van der Waals surface area contributed by atoms with Crippen molar-refractivity contribution in [2.75, 3.05) is 13.1 Å². The fourth-order valence-electron chi connectivity index (χ4n) is 3.46. The molecule has 0 aromatic carbocycles. The molecular weight excluding hydrogens is 500 g/mol. The zero-order valence-corrected chi connectivity index (χ0v) is 22.2. The van der Waals surface area contributed by atoms with Crippen LogP contribution in [0.2, 0.25) is 0 Å². The van der Waals surface area contributed by atoms with E-state index in [1.54, 1.807) is 0 Å². The monoisotopic (exact) mass is 544 g/mol. The summed E-state index contributed by atoms with van der Waals surface area (Å²) in [7, 11) is 0. The molecule has 0 aliphatic heterocycles. The van der Waals surface area contributed by atoms with Crippen molar-refractivity contribution in [3.05, 3.63) is 0 Å². The number of carbonyl (C=O) groups is 5. The number of rotatable bonds is 20. The van der Waals surface area contributed by atoms with E-state index in [1.807, 2.05) is 13.8 Å². The third-order valence-electron chi connectivity index (χ3n) is 5.49. The predicted molar refractivity (Wildman–Crippen MR) is 141 cm³/mol. The Morgan fingerprint density at radius 2 is 1.32 bits per heavy atom. The van der Waals surface area contributed by atoms with Crippen molar-refractivity contribution in [1.29, 1.82) is 0 Å². The van der Waals surface area contributed by atoms with Gasteiger partial charge in [-0.05, 0) is 57.4 Å². The first-order valence-corrected chi connectivity index (χ1v) is 12.6. The summed E-state index contributed by atoms with van der Waals surface area (Å²) >= 11 is 0. The third kappa shape index (κ3) is 15.6. The van der Waals surface area contributed by atoms with Gasteiger partial charge < -0.3 is 49.1 Å². The molecule has 38 heavy (non-hydrogen) atoms. The van der Waals surface area contributed by atoms with E-state index >= 15 is 0 Å². The first kappa shape index (κ1) is 34.5. The zero-order valence-electron chi connectivity index (χ0n) is 22.2. The van der Waals surface area contributed by atoms with E-state index in [0.29, 0.717) is 25.8 Å². The largest absolute Gasteiger partial charge is 0.481 e. The molecule has 0 bridgehead atoms. The SMILES string of the molecule is CC(C)CC(NC(=O)C(CCCCN)NC(=O)C(CCCN=C(N)N)NC(=O)C(N)CCC(=O)O)C(=O)O. The van der Waals surface area contributed by atoms with Gasteiger partial charge in [-0.2, -0.15) is 0 Å². The zero-order chi connectivity index (χ0) is 29.3. The van der Waals surface area contributed by atoms with Crippen molar-refractivity contribution in [3.8, 4) is 0 Å². The number of carboxylic acids is 2. The van der Waals surface area contributed by atoms with Crippen LogP contribution in [0.3, 0.4) is 0 Å². The number of guanidine groups is 1. The number of carbonyl (C=O) groups excluding carboxylic acids is 3. The lowest BCUT2D eigenvalue weighted by Crippen LogP contribution is -2.57. The van der Waals surface area contributed by atoms with E-state index in [4.69, 9.17) is 28.0 Å². The van der Waals surface area contributed by atoms with Crippen molar-refractivity contribution in [3.63, 3.8) is 0 Å². The molecular formula is C23H44N8O7. The maximum Gasteiger partial charge on any atom is 0.326 e. The van der Waals surface area contributed by atoms with Crippen LogP contribution in [0.25, 0.3) is 0 Å². The molecule has 0 spiro atoms. The number of nitrogens with one attached hydrogen (secondary N) is 3. The molecule has 4 unspecified atom stereocenters. The van der Waals surface area contributed by atoms with Crippen LogP contribution in [0.1, 0.15) is 65.2 Å². The number of carboxylic acid groups (broad SMARTS) is 2. The normalized spacial score (nSPS) is 14.0. The maximum atomic E-state index is 13.2. The third-order valence-corrected chi connectivity index (χ3v) is 5.49. The highest BCUT2D eigenvalue weighted by Crippen LogP contribution is 2.09. The van der Waals surface area contributed by atoms with Crippen molar-refractivity contribution in [2.24, 2.45) is 33.8 Å². The molecule has 0 radical (unpaired) electrons. The van der Waals surface area contributed by atoms with Crippen LogP contribution in [0, 0.1) is 5.92 Å². The Kier molecular flexibility index (Phi) is 17.0. The minimum atomic E-state index is -1.20. The summed E-state index contributed by atoms with van der Waals surface area (Å²) in [5.41, 5.74) is 21.9. The van der Waals surface area contributed by atoms with Crippen LogP contribution < -0.4 is 38.9 Å². The standard InChI is InChI=1S/C23H44N8O7/c1-13(2)12-17(22(37)38)31-21(36)15(6-3-4-10-24)30-20(35)16(7-5-11-28-23(26)27)29-19(34)14(25)8-9-18(32)33/h13-17H,3-12,24-25H2,1-2H3,(H,29,34)(H,30,35)(H,31,36)(H,32,33)(H,37,38)(H4,26,27,28). The Morgan fingerprint density at radius 1 is 0.789 bits per heavy atom. The van der Waals surface area contributed by atoms with Gasteiger partial charge in [0.05, 0.1) is 6.04 Å². The van der Waals surface area contributed by atoms with E-state index in [9.17, 15) is 29.1 Å². The second-order valence-corrected chi connectivity index (χ2v) is 9.42. The van der Waals surface area contributed by atoms with Gasteiger partial charge >= 0.3 is 11.9 Å². The highest BCUT2D eigenvalue weighted by atomic mass is 16.4. The molecule has 15 heteroatoms. The number of aliphatic imine (C=N–C) groups is 1. The summed E-state index contributed by atoms with van der Waals surface area (Å²) in [5, 5.41) is 25.9. The quantitative estimate of drug-likeness (QED) is 0.0456. The molecule has 0 aromatic rings. The average molecular weight is 545 g/mol. The molecule has 0 aliphatic carbocycles. The lowest BCUT2D eigenvalue weighted by Gasteiger charge is -2.25. The van der Waals surface area contributed by atoms with Gasteiger partial charge in [0.15, 0.2) is 5.96 Å². The lowest BCUT2D eigenvalue weighted by atomic mass is 10.0. The summed E-state index contributed by atoms with van der Waals surface area (Å²) in [6.45, 7) is 4.17. The van der Waals surface area contributed by atoms with Crippen molar-refractivity contribution >= 4 is 35.6 Å². The van der Waals surface area contributed by atoms with Crippen molar-refractivity contribution in [2.45, 2.75) is 89.4 Å². The second-order valence-electron chi connectivity index (χ2n) is 9.42. The van der Waals surface area contributed by atoms with Crippen LogP contribution in [0.4, 0.5) is 0 Å². The molecule has 218 valence electrons. The van der Waals surface area contributed by atoms with Gasteiger partial charge in [-0.15, -0.1) is 0 Å². The molecule has 3 amide bonds. The molecule has 13 N–H and O–H groups in total. The molecule has 0 aliphatic rings. The molecule has 0 saturated heterocycles. The minimum absolute atomic E-state index is 0.00294. The van der Waals surface area contributed by atoms with Gasteiger partial charge in [0.2, 0.25) is 17.7 Å². The number of nitrogens with zero attached hydrogens (tertiary/aromatic N) is 1. The van der Waals surface area contributed by atoms with Crippen molar-refractivity contribution < 1.29 is 34.2 Å². The molecule has 0 saturated carbocycles. The summed E-state index contributed by atoms with van der Waals surface area (Å²) < 4.78 is 0. The summed E-state index contributed by atoms with van der Waals surface area (Å²) in [4.78, 5) is 64.9. The molecule has 0 fully saturated rings. The Bertz CT molecular complexity index is 818. The highest BCUT2D eigenvalue weighted by molar-refractivity contribution is 5.94. The smallest absolute Gasteiger partial charge is 0.326 e. The van der Waals surface area contributed by atoms with E-state index in [1.165, 1.54) is 0 Å². The first-order valence-electron chi connectivity index (χ1n) is 12.6. The van der Waals surface area contributed by atoms with E-state index in [2.05, 4.69) is 20.9 Å². The maximum absolute atomic E-state index is 13.2. The van der Waals surface area contributed by atoms with Gasteiger partial charge in [0.1, 0.15) is 18.1 Å². The second kappa shape index (κ2) is 18.7. The Morgan fingerprint density at radius 3 is 1.79 bits per heavy atom. The fraction of sp³-hybridized carbons (Fsp3) is 0.739. The summed E-state index contributed by atoms with van der Waals surface area (Å²) in [5.74, 6) is -4.57.